The van der Waals surface area contributed by atoms with Gasteiger partial charge in [-0.1, -0.05) is 52.7 Å². The van der Waals surface area contributed by atoms with E-state index in [0.717, 1.165) is 31.5 Å². The van der Waals surface area contributed by atoms with Crippen molar-refractivity contribution >= 4 is 27.6 Å². The molecule has 0 saturated heterocycles. The number of aryl methyl sites for hydroxylation is 3. The van der Waals surface area contributed by atoms with Crippen LogP contribution in [0.4, 0.5) is 0 Å². The van der Waals surface area contributed by atoms with Crippen LogP contribution in [0.25, 0.3) is 21.8 Å². The van der Waals surface area contributed by atoms with E-state index in [1.807, 2.05) is 6.20 Å². The first-order chi connectivity index (χ1) is 13.2. The van der Waals surface area contributed by atoms with Gasteiger partial charge in [0.15, 0.2) is 0 Å². The van der Waals surface area contributed by atoms with Crippen LogP contribution in [0.2, 0.25) is 0 Å². The first-order valence-corrected chi connectivity index (χ1v) is 10.6. The van der Waals surface area contributed by atoms with E-state index in [0.29, 0.717) is 18.1 Å². The molecule has 2 heterocycles. The molecule has 0 fully saturated rings. The van der Waals surface area contributed by atoms with Gasteiger partial charge in [0.1, 0.15) is 5.78 Å². The maximum atomic E-state index is 12.9. The van der Waals surface area contributed by atoms with Gasteiger partial charge < -0.3 is 4.57 Å². The van der Waals surface area contributed by atoms with Crippen LogP contribution in [-0.2, 0) is 11.3 Å². The highest BCUT2D eigenvalue weighted by molar-refractivity contribution is 6.08. The first kappa shape index (κ1) is 20.6. The molecule has 0 aliphatic heterocycles. The number of aromatic nitrogens is 2. The summed E-state index contributed by atoms with van der Waals surface area (Å²) in [5, 5.41) is 2.52. The van der Waals surface area contributed by atoms with Crippen molar-refractivity contribution in [3.05, 3.63) is 41.7 Å². The van der Waals surface area contributed by atoms with Crippen LogP contribution in [-0.4, -0.2) is 15.3 Å². The van der Waals surface area contributed by atoms with Crippen LogP contribution in [0.5, 0.6) is 0 Å². The fraction of sp³-hybridized carbons (Fsp3) is 0.520. The number of hydrogen-bond donors (Lipinski definition) is 0. The second kappa shape index (κ2) is 8.06. The third-order valence-corrected chi connectivity index (χ3v) is 6.14. The van der Waals surface area contributed by atoms with Crippen LogP contribution in [0.1, 0.15) is 64.6 Å². The molecule has 1 atom stereocenters. The second-order valence-electron chi connectivity index (χ2n) is 9.12. The topological polar surface area (TPSA) is 34.9 Å². The molecular formula is C25H34N2O. The van der Waals surface area contributed by atoms with Crippen LogP contribution in [0.15, 0.2) is 30.5 Å². The molecule has 3 rings (SSSR count). The lowest BCUT2D eigenvalue weighted by Crippen LogP contribution is -2.27. The number of carbonyl (C=O) groups excluding carboxylic acids is 1. The monoisotopic (exact) mass is 378 g/mol. The Hall–Kier alpha value is -2.16. The molecule has 1 unspecified atom stereocenters. The zero-order chi connectivity index (χ0) is 20.5. The molecule has 0 aliphatic rings. The normalized spacial score (nSPS) is 13.4. The molecule has 0 spiro atoms. The van der Waals surface area contributed by atoms with Gasteiger partial charge in [-0.05, 0) is 43.9 Å². The second-order valence-corrected chi connectivity index (χ2v) is 9.12. The zero-order valence-electron chi connectivity index (χ0n) is 18.3. The fourth-order valence-corrected chi connectivity index (χ4v) is 4.28. The highest BCUT2D eigenvalue weighted by Gasteiger charge is 2.28. The molecule has 0 radical (unpaired) electrons. The smallest absolute Gasteiger partial charge is 0.138 e. The van der Waals surface area contributed by atoms with Crippen molar-refractivity contribution in [1.82, 2.24) is 9.55 Å². The van der Waals surface area contributed by atoms with Crippen LogP contribution >= 0.6 is 0 Å². The molecule has 28 heavy (non-hydrogen) atoms. The summed E-state index contributed by atoms with van der Waals surface area (Å²) in [7, 11) is 0. The van der Waals surface area contributed by atoms with Crippen molar-refractivity contribution < 1.29 is 4.79 Å². The van der Waals surface area contributed by atoms with E-state index >= 15 is 0 Å². The van der Waals surface area contributed by atoms with E-state index in [1.165, 1.54) is 27.4 Å². The first-order valence-electron chi connectivity index (χ1n) is 10.6. The summed E-state index contributed by atoms with van der Waals surface area (Å²) in [6, 6.07) is 8.75. The van der Waals surface area contributed by atoms with Crippen LogP contribution < -0.4 is 0 Å². The summed E-state index contributed by atoms with van der Waals surface area (Å²) in [6.45, 7) is 13.6. The molecule has 3 aromatic rings. The molecular weight excluding hydrogens is 344 g/mol. The summed E-state index contributed by atoms with van der Waals surface area (Å²) in [5.74, 6) is 0.861. The lowest BCUT2D eigenvalue weighted by atomic mass is 9.80. The van der Waals surface area contributed by atoms with E-state index < -0.39 is 0 Å². The van der Waals surface area contributed by atoms with E-state index in [2.05, 4.69) is 75.4 Å². The number of ketones is 1. The average Bonchev–Trinajstić information content (AvgIpc) is 2.94. The van der Waals surface area contributed by atoms with Crippen molar-refractivity contribution in [2.24, 2.45) is 11.3 Å². The predicted octanol–water partition coefficient (Wildman–Crippen LogP) is 6.62. The van der Waals surface area contributed by atoms with E-state index in [4.69, 9.17) is 0 Å². The van der Waals surface area contributed by atoms with E-state index in [9.17, 15) is 4.79 Å². The maximum absolute atomic E-state index is 12.9. The van der Waals surface area contributed by atoms with Crippen LogP contribution in [0, 0.1) is 25.2 Å². The van der Waals surface area contributed by atoms with Crippen molar-refractivity contribution in [2.75, 3.05) is 0 Å². The summed E-state index contributed by atoms with van der Waals surface area (Å²) in [5.41, 5.74) is 4.43. The van der Waals surface area contributed by atoms with Gasteiger partial charge in [0, 0.05) is 40.9 Å². The van der Waals surface area contributed by atoms with Gasteiger partial charge in [0.05, 0.1) is 11.2 Å². The molecule has 0 amide bonds. The van der Waals surface area contributed by atoms with Gasteiger partial charge in [0.25, 0.3) is 0 Å². The predicted molar refractivity (Wildman–Crippen MR) is 119 cm³/mol. The Kier molecular flexibility index (Phi) is 5.92. The number of fused-ring (bicyclic) bond motifs is 3. The number of nitrogens with zero attached hydrogens (tertiary/aromatic N) is 2. The minimum Gasteiger partial charge on any atom is -0.339 e. The number of hydrogen-bond acceptors (Lipinski definition) is 2. The van der Waals surface area contributed by atoms with E-state index in [1.54, 1.807) is 0 Å². The van der Waals surface area contributed by atoms with Gasteiger partial charge in [-0.15, -0.1) is 0 Å². The third-order valence-electron chi connectivity index (χ3n) is 6.14. The molecule has 0 bridgehead atoms. The minimum atomic E-state index is -0.315. The summed E-state index contributed by atoms with van der Waals surface area (Å²) < 4.78 is 2.38. The average molecular weight is 379 g/mol. The molecule has 3 nitrogen and oxygen atoms in total. The molecule has 0 aliphatic carbocycles. The van der Waals surface area contributed by atoms with Crippen molar-refractivity contribution in [3.63, 3.8) is 0 Å². The highest BCUT2D eigenvalue weighted by atomic mass is 16.1. The summed E-state index contributed by atoms with van der Waals surface area (Å²) in [6.07, 6.45) is 5.68. The molecule has 150 valence electrons. The SMILES string of the molecule is CCCC(C)CC(=O)C(C)(C)CCn1c2cc(C)ccc2c2ccnc(C)c21. The number of benzene rings is 1. The van der Waals surface area contributed by atoms with Gasteiger partial charge in [0.2, 0.25) is 0 Å². The van der Waals surface area contributed by atoms with Gasteiger partial charge in [-0.25, -0.2) is 0 Å². The zero-order valence-corrected chi connectivity index (χ0v) is 18.3. The Morgan fingerprint density at radius 3 is 2.64 bits per heavy atom. The van der Waals surface area contributed by atoms with Gasteiger partial charge in [-0.3, -0.25) is 9.78 Å². The number of carbonyl (C=O) groups is 1. The Morgan fingerprint density at radius 1 is 1.18 bits per heavy atom. The Morgan fingerprint density at radius 2 is 1.93 bits per heavy atom. The standard InChI is InChI=1S/C25H34N2O/c1-7-8-17(2)16-23(28)25(5,6)12-14-27-22-15-18(3)9-10-20(22)21-11-13-26-19(4)24(21)27/h9-11,13,15,17H,7-8,12,14,16H2,1-6H3. The minimum absolute atomic E-state index is 0.315. The van der Waals surface area contributed by atoms with Crippen molar-refractivity contribution in [1.29, 1.82) is 0 Å². The Bertz CT molecular complexity index is 997. The van der Waals surface area contributed by atoms with Gasteiger partial charge >= 0.3 is 0 Å². The largest absolute Gasteiger partial charge is 0.339 e. The van der Waals surface area contributed by atoms with Gasteiger partial charge in [-0.2, -0.15) is 0 Å². The molecule has 1 aromatic carbocycles. The number of pyridine rings is 1. The lowest BCUT2D eigenvalue weighted by molar-refractivity contribution is -0.128. The lowest BCUT2D eigenvalue weighted by Gasteiger charge is -2.25. The quantitative estimate of drug-likeness (QED) is 0.441. The van der Waals surface area contributed by atoms with E-state index in [-0.39, 0.29) is 5.41 Å². The summed E-state index contributed by atoms with van der Waals surface area (Å²) >= 11 is 0. The Labute approximate surface area is 169 Å². The molecule has 0 N–H and O–H groups in total. The molecule has 0 saturated carbocycles. The Balaban J connectivity index is 1.93. The van der Waals surface area contributed by atoms with Crippen LogP contribution in [0.3, 0.4) is 0 Å². The van der Waals surface area contributed by atoms with Crippen molar-refractivity contribution in [2.45, 2.75) is 73.8 Å². The highest BCUT2D eigenvalue weighted by Crippen LogP contribution is 2.33. The number of rotatable bonds is 8. The molecule has 3 heteroatoms. The maximum Gasteiger partial charge on any atom is 0.138 e. The summed E-state index contributed by atoms with van der Waals surface area (Å²) in [4.78, 5) is 17.5. The van der Waals surface area contributed by atoms with Crippen molar-refractivity contribution in [3.8, 4) is 0 Å². The third kappa shape index (κ3) is 3.99. The fourth-order valence-electron chi connectivity index (χ4n) is 4.28. The number of Topliss-reactive ketones (excluding diaryl/α,β-unsaturated/α-hetero) is 1. The molecule has 2 aromatic heterocycles.